The fourth-order valence-corrected chi connectivity index (χ4v) is 4.01. The number of hydrogen-bond donors (Lipinski definition) is 1. The molecule has 1 fully saturated rings. The summed E-state index contributed by atoms with van der Waals surface area (Å²) in [4.78, 5) is 0. The second-order valence-electron chi connectivity index (χ2n) is 4.08. The lowest BCUT2D eigenvalue weighted by Crippen LogP contribution is -2.21. The Morgan fingerprint density at radius 1 is 1.21 bits per heavy atom. The first-order valence-electron chi connectivity index (χ1n) is 5.53. The third kappa shape index (κ3) is 3.58. The van der Waals surface area contributed by atoms with Gasteiger partial charge >= 0.3 is 0 Å². The summed E-state index contributed by atoms with van der Waals surface area (Å²) < 4.78 is 23.6. The molecule has 0 unspecified atom stereocenters. The van der Waals surface area contributed by atoms with Gasteiger partial charge in [-0.1, -0.05) is 12.8 Å². The van der Waals surface area contributed by atoms with E-state index in [0.29, 0.717) is 5.75 Å². The SMILES string of the molecule is CNCCCCS(=O)(=O)C1CCCC1. The minimum absolute atomic E-state index is 0.0166. The number of hydrogen-bond acceptors (Lipinski definition) is 3. The molecule has 1 saturated carbocycles. The third-order valence-electron chi connectivity index (χ3n) is 2.92. The number of nitrogens with one attached hydrogen (secondary N) is 1. The van der Waals surface area contributed by atoms with Crippen molar-refractivity contribution in [1.82, 2.24) is 5.32 Å². The molecule has 0 aromatic carbocycles. The summed E-state index contributed by atoms with van der Waals surface area (Å²) in [5, 5.41) is 3.01. The predicted octanol–water partition coefficient (Wildman–Crippen LogP) is 1.34. The smallest absolute Gasteiger partial charge is 0.153 e. The molecule has 1 aliphatic rings. The summed E-state index contributed by atoms with van der Waals surface area (Å²) in [6, 6.07) is 0. The van der Waals surface area contributed by atoms with Crippen molar-refractivity contribution >= 4 is 9.84 Å². The molecule has 14 heavy (non-hydrogen) atoms. The van der Waals surface area contributed by atoms with Gasteiger partial charge in [0.05, 0.1) is 11.0 Å². The van der Waals surface area contributed by atoms with Crippen molar-refractivity contribution in [3.63, 3.8) is 0 Å². The molecule has 0 aliphatic heterocycles. The van der Waals surface area contributed by atoms with E-state index in [2.05, 4.69) is 5.32 Å². The largest absolute Gasteiger partial charge is 0.320 e. The van der Waals surface area contributed by atoms with Crippen molar-refractivity contribution in [1.29, 1.82) is 0 Å². The third-order valence-corrected chi connectivity index (χ3v) is 5.26. The van der Waals surface area contributed by atoms with Crippen LogP contribution in [0, 0.1) is 0 Å². The van der Waals surface area contributed by atoms with Gasteiger partial charge in [0.25, 0.3) is 0 Å². The Labute approximate surface area is 87.2 Å². The highest BCUT2D eigenvalue weighted by Gasteiger charge is 2.27. The fraction of sp³-hybridized carbons (Fsp3) is 1.00. The van der Waals surface area contributed by atoms with E-state index in [1.165, 1.54) is 0 Å². The average Bonchev–Trinajstić information content (AvgIpc) is 2.65. The second-order valence-corrected chi connectivity index (χ2v) is 6.48. The lowest BCUT2D eigenvalue weighted by atomic mass is 10.3. The molecular formula is C10H21NO2S. The van der Waals surface area contributed by atoms with E-state index < -0.39 is 9.84 Å². The molecule has 1 N–H and O–H groups in total. The molecule has 3 nitrogen and oxygen atoms in total. The Morgan fingerprint density at radius 3 is 2.43 bits per heavy atom. The zero-order valence-corrected chi connectivity index (χ0v) is 9.78. The molecule has 4 heteroatoms. The fourth-order valence-electron chi connectivity index (χ4n) is 2.02. The van der Waals surface area contributed by atoms with Crippen LogP contribution in [0.3, 0.4) is 0 Å². The zero-order chi connectivity index (χ0) is 10.4. The maximum atomic E-state index is 11.8. The molecule has 1 aliphatic carbocycles. The predicted molar refractivity (Wildman–Crippen MR) is 59.2 cm³/mol. The molecule has 0 spiro atoms. The van der Waals surface area contributed by atoms with Crippen LogP contribution in [0.2, 0.25) is 0 Å². The van der Waals surface area contributed by atoms with Crippen molar-refractivity contribution in [3.05, 3.63) is 0 Å². The van der Waals surface area contributed by atoms with Crippen LogP contribution in [-0.2, 0) is 9.84 Å². The summed E-state index contributed by atoms with van der Waals surface area (Å²) >= 11 is 0. The van der Waals surface area contributed by atoms with Crippen molar-refractivity contribution in [3.8, 4) is 0 Å². The first kappa shape index (κ1) is 12.0. The molecule has 0 aromatic rings. The van der Waals surface area contributed by atoms with Gasteiger partial charge in [0.15, 0.2) is 9.84 Å². The molecule has 0 amide bonds. The molecule has 0 heterocycles. The minimum atomic E-state index is -2.77. The van der Waals surface area contributed by atoms with Gasteiger partial charge in [0.1, 0.15) is 0 Å². The number of sulfone groups is 1. The van der Waals surface area contributed by atoms with E-state index in [1.807, 2.05) is 7.05 Å². The first-order valence-corrected chi connectivity index (χ1v) is 7.24. The first-order chi connectivity index (χ1) is 6.67. The Bertz CT molecular complexity index is 243. The van der Waals surface area contributed by atoms with Gasteiger partial charge in [-0.15, -0.1) is 0 Å². The highest BCUT2D eigenvalue weighted by molar-refractivity contribution is 7.92. The van der Waals surface area contributed by atoms with Crippen LogP contribution < -0.4 is 5.32 Å². The lowest BCUT2D eigenvalue weighted by molar-refractivity contribution is 0.574. The van der Waals surface area contributed by atoms with Crippen LogP contribution in [-0.4, -0.2) is 33.0 Å². The maximum absolute atomic E-state index is 11.8. The number of unbranched alkanes of at least 4 members (excludes halogenated alkanes) is 1. The van der Waals surface area contributed by atoms with E-state index in [4.69, 9.17) is 0 Å². The quantitative estimate of drug-likeness (QED) is 0.686. The van der Waals surface area contributed by atoms with E-state index in [9.17, 15) is 8.42 Å². The number of rotatable bonds is 6. The van der Waals surface area contributed by atoms with Crippen LogP contribution in [0.15, 0.2) is 0 Å². The highest BCUT2D eigenvalue weighted by atomic mass is 32.2. The highest BCUT2D eigenvalue weighted by Crippen LogP contribution is 2.25. The summed E-state index contributed by atoms with van der Waals surface area (Å²) in [5.74, 6) is 0.388. The molecule has 1 rings (SSSR count). The van der Waals surface area contributed by atoms with E-state index in [-0.39, 0.29) is 5.25 Å². The van der Waals surface area contributed by atoms with E-state index >= 15 is 0 Å². The molecule has 0 atom stereocenters. The zero-order valence-electron chi connectivity index (χ0n) is 8.96. The second kappa shape index (κ2) is 5.71. The van der Waals surface area contributed by atoms with Crippen LogP contribution in [0.25, 0.3) is 0 Å². The standard InChI is InChI=1S/C10H21NO2S/c1-11-8-4-5-9-14(12,13)10-6-2-3-7-10/h10-11H,2-9H2,1H3. The van der Waals surface area contributed by atoms with Crippen molar-refractivity contribution in [2.45, 2.75) is 43.8 Å². The van der Waals surface area contributed by atoms with Gasteiger partial charge in [0.2, 0.25) is 0 Å². The topological polar surface area (TPSA) is 46.2 Å². The lowest BCUT2D eigenvalue weighted by Gasteiger charge is -2.10. The molecule has 84 valence electrons. The van der Waals surface area contributed by atoms with Crippen LogP contribution in [0.1, 0.15) is 38.5 Å². The average molecular weight is 219 g/mol. The van der Waals surface area contributed by atoms with E-state index in [1.54, 1.807) is 0 Å². The van der Waals surface area contributed by atoms with Crippen molar-refractivity contribution < 1.29 is 8.42 Å². The minimum Gasteiger partial charge on any atom is -0.320 e. The normalized spacial score (nSPS) is 18.9. The molecule has 0 bridgehead atoms. The van der Waals surface area contributed by atoms with Crippen LogP contribution in [0.5, 0.6) is 0 Å². The molecular weight excluding hydrogens is 198 g/mol. The van der Waals surface area contributed by atoms with Crippen molar-refractivity contribution in [2.75, 3.05) is 19.3 Å². The summed E-state index contributed by atoms with van der Waals surface area (Å²) in [6.45, 7) is 0.917. The van der Waals surface area contributed by atoms with Gasteiger partial charge in [-0.05, 0) is 39.3 Å². The van der Waals surface area contributed by atoms with Crippen LogP contribution >= 0.6 is 0 Å². The van der Waals surface area contributed by atoms with E-state index in [0.717, 1.165) is 45.1 Å². The Balaban J connectivity index is 2.26. The Morgan fingerprint density at radius 2 is 1.86 bits per heavy atom. The van der Waals surface area contributed by atoms with Crippen LogP contribution in [0.4, 0.5) is 0 Å². The van der Waals surface area contributed by atoms with Gasteiger partial charge in [0, 0.05) is 0 Å². The molecule has 0 radical (unpaired) electrons. The summed E-state index contributed by atoms with van der Waals surface area (Å²) in [5.41, 5.74) is 0. The van der Waals surface area contributed by atoms with Gasteiger partial charge in [-0.3, -0.25) is 0 Å². The summed E-state index contributed by atoms with van der Waals surface area (Å²) in [6.07, 6.45) is 5.76. The van der Waals surface area contributed by atoms with Gasteiger partial charge in [-0.25, -0.2) is 8.42 Å². The summed E-state index contributed by atoms with van der Waals surface area (Å²) in [7, 11) is -0.874. The maximum Gasteiger partial charge on any atom is 0.153 e. The van der Waals surface area contributed by atoms with Crippen molar-refractivity contribution in [2.24, 2.45) is 0 Å². The van der Waals surface area contributed by atoms with Gasteiger partial charge < -0.3 is 5.32 Å². The molecule has 0 saturated heterocycles. The monoisotopic (exact) mass is 219 g/mol. The Hall–Kier alpha value is -0.0900. The molecule has 0 aromatic heterocycles. The Kier molecular flexibility index (Phi) is 4.89. The van der Waals surface area contributed by atoms with Gasteiger partial charge in [-0.2, -0.15) is 0 Å².